The van der Waals surface area contributed by atoms with Crippen LogP contribution in [0.1, 0.15) is 42.5 Å². The number of pyridine rings is 1. The molecule has 7 nitrogen and oxygen atoms in total. The first kappa shape index (κ1) is 23.3. The molecular weight excluding hydrogens is 430 g/mol. The van der Waals surface area contributed by atoms with Gasteiger partial charge in [0.2, 0.25) is 5.91 Å². The molecule has 0 N–H and O–H groups in total. The van der Waals surface area contributed by atoms with Gasteiger partial charge in [0, 0.05) is 58.2 Å². The Balaban J connectivity index is 1.37. The molecule has 0 bridgehead atoms. The summed E-state index contributed by atoms with van der Waals surface area (Å²) in [5.41, 5.74) is 2.80. The number of carbonyl (C=O) groups is 2. The van der Waals surface area contributed by atoms with Crippen molar-refractivity contribution in [2.45, 2.75) is 51.7 Å². The van der Waals surface area contributed by atoms with Crippen molar-refractivity contribution in [3.63, 3.8) is 0 Å². The predicted molar refractivity (Wildman–Crippen MR) is 126 cm³/mol. The molecule has 182 valence electrons. The van der Waals surface area contributed by atoms with Gasteiger partial charge in [-0.3, -0.25) is 14.6 Å². The number of terminal acetylenes is 1. The molecule has 3 fully saturated rings. The van der Waals surface area contributed by atoms with Crippen molar-refractivity contribution in [1.82, 2.24) is 14.8 Å². The lowest BCUT2D eigenvalue weighted by atomic mass is 9.78. The molecule has 4 aliphatic rings. The molecule has 1 aliphatic carbocycles. The summed E-state index contributed by atoms with van der Waals surface area (Å²) in [6.45, 7) is 5.74. The van der Waals surface area contributed by atoms with Crippen molar-refractivity contribution < 1.29 is 19.1 Å². The minimum atomic E-state index is -0.542. The molecule has 34 heavy (non-hydrogen) atoms. The summed E-state index contributed by atoms with van der Waals surface area (Å²) < 4.78 is 11.3. The van der Waals surface area contributed by atoms with Gasteiger partial charge in [-0.25, -0.2) is 0 Å². The second-order valence-corrected chi connectivity index (χ2v) is 10.7. The Hall–Kier alpha value is -2.43. The molecule has 7 heteroatoms. The lowest BCUT2D eigenvalue weighted by molar-refractivity contribution is -0.144. The monoisotopic (exact) mass is 465 g/mol. The van der Waals surface area contributed by atoms with Gasteiger partial charge in [-0.2, -0.15) is 0 Å². The molecule has 5 rings (SSSR count). The number of aromatic nitrogens is 1. The molecule has 0 aromatic carbocycles. The van der Waals surface area contributed by atoms with Crippen LogP contribution >= 0.6 is 0 Å². The van der Waals surface area contributed by atoms with E-state index in [0.717, 1.165) is 55.5 Å². The zero-order valence-electron chi connectivity index (χ0n) is 20.3. The molecule has 1 saturated carbocycles. The highest BCUT2D eigenvalue weighted by molar-refractivity contribution is 5.94. The Morgan fingerprint density at radius 1 is 1.38 bits per heavy atom. The van der Waals surface area contributed by atoms with Crippen LogP contribution in [0.3, 0.4) is 0 Å². The molecule has 0 spiro atoms. The number of likely N-dealkylation sites (tertiary alicyclic amines) is 1. The number of ether oxygens (including phenoxy) is 2. The Bertz CT molecular complexity index is 1000. The zero-order valence-corrected chi connectivity index (χ0v) is 20.3. The first-order valence-corrected chi connectivity index (χ1v) is 12.5. The number of fused-ring (bicyclic) bond motifs is 2. The van der Waals surface area contributed by atoms with Gasteiger partial charge in [0.05, 0.1) is 18.1 Å². The van der Waals surface area contributed by atoms with Crippen LogP contribution in [0.5, 0.6) is 0 Å². The fourth-order valence-electron chi connectivity index (χ4n) is 7.01. The van der Waals surface area contributed by atoms with Crippen molar-refractivity contribution in [2.24, 2.45) is 23.2 Å². The maximum atomic E-state index is 14.2. The highest BCUT2D eigenvalue weighted by atomic mass is 16.5. The summed E-state index contributed by atoms with van der Waals surface area (Å²) in [6, 6.07) is 2.15. The van der Waals surface area contributed by atoms with E-state index in [1.807, 2.05) is 18.0 Å². The fourth-order valence-corrected chi connectivity index (χ4v) is 7.01. The first-order chi connectivity index (χ1) is 16.4. The van der Waals surface area contributed by atoms with Gasteiger partial charge >= 0.3 is 0 Å². The van der Waals surface area contributed by atoms with Gasteiger partial charge in [-0.05, 0) is 67.4 Å². The number of nitrogens with zero attached hydrogens (tertiary/aromatic N) is 3. The zero-order chi connectivity index (χ0) is 23.9. The van der Waals surface area contributed by atoms with Crippen LogP contribution in [0.2, 0.25) is 0 Å². The van der Waals surface area contributed by atoms with Crippen LogP contribution in [0, 0.1) is 42.4 Å². The quantitative estimate of drug-likeness (QED) is 0.638. The van der Waals surface area contributed by atoms with E-state index in [9.17, 15) is 9.59 Å². The lowest BCUT2D eigenvalue weighted by Crippen LogP contribution is -2.49. The molecule has 2 unspecified atom stereocenters. The summed E-state index contributed by atoms with van der Waals surface area (Å²) >= 11 is 0. The fraction of sp³-hybridized carbons (Fsp3) is 0.667. The minimum absolute atomic E-state index is 0.120. The van der Waals surface area contributed by atoms with Gasteiger partial charge in [-0.1, -0.05) is 6.07 Å². The normalized spacial score (nSPS) is 32.7. The lowest BCUT2D eigenvalue weighted by Gasteiger charge is -2.37. The molecule has 2 saturated heterocycles. The average Bonchev–Trinajstić information content (AvgIpc) is 3.37. The number of amides is 2. The van der Waals surface area contributed by atoms with Crippen LogP contribution in [0.15, 0.2) is 12.3 Å². The van der Waals surface area contributed by atoms with Gasteiger partial charge in [-0.15, -0.1) is 6.42 Å². The van der Waals surface area contributed by atoms with E-state index in [4.69, 9.17) is 15.9 Å². The Labute approximate surface area is 202 Å². The van der Waals surface area contributed by atoms with E-state index >= 15 is 0 Å². The molecule has 5 atom stereocenters. The van der Waals surface area contributed by atoms with E-state index in [1.54, 1.807) is 12.0 Å². The Kier molecular flexibility index (Phi) is 6.39. The highest BCUT2D eigenvalue weighted by Gasteiger charge is 2.59. The standard InChI is InChI=1S/C27H35N3O4/c1-4-25(31)30-15-22-11-19(10-20-6-8-34-16-24(20)33-3)12-27(22,17-30)26(32)29-7-5-23-21(14-29)9-18(2)13-28-23/h1,9,13,19-20,22,24H,5-8,10-12,14-17H2,2-3H3/t19-,20?,22+,24?,27+/m1/s1. The van der Waals surface area contributed by atoms with Gasteiger partial charge in [0.25, 0.3) is 5.91 Å². The van der Waals surface area contributed by atoms with E-state index in [2.05, 4.69) is 17.0 Å². The molecule has 1 aromatic rings. The van der Waals surface area contributed by atoms with Crippen molar-refractivity contribution in [1.29, 1.82) is 0 Å². The molecular formula is C27H35N3O4. The van der Waals surface area contributed by atoms with E-state index < -0.39 is 5.41 Å². The summed E-state index contributed by atoms with van der Waals surface area (Å²) in [5.74, 6) is 3.20. The highest BCUT2D eigenvalue weighted by Crippen LogP contribution is 2.54. The number of rotatable bonds is 4. The van der Waals surface area contributed by atoms with Gasteiger partial charge in [0.15, 0.2) is 0 Å². The number of hydrogen-bond donors (Lipinski definition) is 0. The Morgan fingerprint density at radius 2 is 2.24 bits per heavy atom. The number of aryl methyl sites for hydroxylation is 1. The molecule has 0 radical (unpaired) electrons. The number of methoxy groups -OCH3 is 1. The van der Waals surface area contributed by atoms with Crippen LogP contribution in [0.4, 0.5) is 0 Å². The van der Waals surface area contributed by atoms with Crippen molar-refractivity contribution in [3.05, 3.63) is 29.1 Å². The first-order valence-electron chi connectivity index (χ1n) is 12.5. The summed E-state index contributed by atoms with van der Waals surface area (Å²) in [7, 11) is 1.76. The Morgan fingerprint density at radius 3 is 3.03 bits per heavy atom. The van der Waals surface area contributed by atoms with Crippen molar-refractivity contribution >= 4 is 11.8 Å². The number of carbonyl (C=O) groups excluding carboxylic acids is 2. The van der Waals surface area contributed by atoms with Crippen molar-refractivity contribution in [3.8, 4) is 12.3 Å². The van der Waals surface area contributed by atoms with E-state index in [-0.39, 0.29) is 23.8 Å². The third kappa shape index (κ3) is 4.12. The van der Waals surface area contributed by atoms with Crippen molar-refractivity contribution in [2.75, 3.05) is 40.0 Å². The van der Waals surface area contributed by atoms with Crippen LogP contribution < -0.4 is 0 Å². The van der Waals surface area contributed by atoms with Gasteiger partial charge in [0.1, 0.15) is 0 Å². The summed E-state index contributed by atoms with van der Waals surface area (Å²) in [6.07, 6.45) is 12.0. The minimum Gasteiger partial charge on any atom is -0.379 e. The largest absolute Gasteiger partial charge is 0.379 e. The average molecular weight is 466 g/mol. The summed E-state index contributed by atoms with van der Waals surface area (Å²) in [4.78, 5) is 34.9. The third-order valence-electron chi connectivity index (χ3n) is 8.65. The van der Waals surface area contributed by atoms with E-state index in [0.29, 0.717) is 44.6 Å². The smallest absolute Gasteiger partial charge is 0.298 e. The van der Waals surface area contributed by atoms with Crippen LogP contribution in [0.25, 0.3) is 0 Å². The molecule has 1 aromatic heterocycles. The topological polar surface area (TPSA) is 72.0 Å². The maximum Gasteiger partial charge on any atom is 0.298 e. The van der Waals surface area contributed by atoms with E-state index in [1.165, 1.54) is 0 Å². The predicted octanol–water partition coefficient (Wildman–Crippen LogP) is 2.20. The van der Waals surface area contributed by atoms with Crippen LogP contribution in [-0.2, 0) is 32.0 Å². The third-order valence-corrected chi connectivity index (χ3v) is 8.65. The second kappa shape index (κ2) is 9.31. The summed E-state index contributed by atoms with van der Waals surface area (Å²) in [5, 5.41) is 0. The molecule has 2 amide bonds. The second-order valence-electron chi connectivity index (χ2n) is 10.7. The number of hydrogen-bond acceptors (Lipinski definition) is 5. The van der Waals surface area contributed by atoms with Crippen LogP contribution in [-0.4, -0.2) is 72.7 Å². The van der Waals surface area contributed by atoms with Gasteiger partial charge < -0.3 is 19.3 Å². The molecule has 4 heterocycles. The maximum absolute atomic E-state index is 14.2. The molecule has 3 aliphatic heterocycles. The SMILES string of the molecule is C#CC(=O)N1C[C@@H]2C[C@@H](CC3CCOCC3OC)C[C@]2(C(=O)N2CCc3ncc(C)cc3C2)C1.